The summed E-state index contributed by atoms with van der Waals surface area (Å²) in [5, 5.41) is 3.59. The Bertz CT molecular complexity index is 1170. The smallest absolute Gasteiger partial charge is 0.262 e. The van der Waals surface area contributed by atoms with E-state index in [9.17, 15) is 9.59 Å². The zero-order valence-electron chi connectivity index (χ0n) is 18.1. The van der Waals surface area contributed by atoms with Crippen molar-refractivity contribution < 1.29 is 14.3 Å². The molecule has 2 aromatic heterocycles. The monoisotopic (exact) mass is 441 g/mol. The van der Waals surface area contributed by atoms with Crippen LogP contribution in [0, 0.1) is 5.92 Å². The largest absolute Gasteiger partial charge is 0.493 e. The Kier molecular flexibility index (Phi) is 6.27. The summed E-state index contributed by atoms with van der Waals surface area (Å²) >= 11 is 1.62. The Labute approximate surface area is 185 Å². The quantitative estimate of drug-likeness (QED) is 0.610. The first-order chi connectivity index (χ1) is 15.0. The van der Waals surface area contributed by atoms with Crippen LogP contribution in [0.25, 0.3) is 10.2 Å². The van der Waals surface area contributed by atoms with Crippen LogP contribution in [0.1, 0.15) is 29.3 Å². The van der Waals surface area contributed by atoms with E-state index in [0.717, 1.165) is 35.2 Å². The zero-order valence-corrected chi connectivity index (χ0v) is 18.9. The summed E-state index contributed by atoms with van der Waals surface area (Å²) in [7, 11) is 3.19. The number of amides is 1. The van der Waals surface area contributed by atoms with E-state index in [0.29, 0.717) is 35.8 Å². The number of hydrogen-bond donors (Lipinski definition) is 1. The van der Waals surface area contributed by atoms with Crippen LogP contribution >= 0.6 is 11.3 Å². The van der Waals surface area contributed by atoms with Gasteiger partial charge in [0.2, 0.25) is 5.91 Å². The lowest BCUT2D eigenvalue weighted by Crippen LogP contribution is -2.33. The van der Waals surface area contributed by atoms with Crippen LogP contribution in [0.4, 0.5) is 0 Å². The summed E-state index contributed by atoms with van der Waals surface area (Å²) in [5.41, 5.74) is 2.04. The molecule has 0 unspecified atom stereocenters. The normalized spacial score (nSPS) is 15.5. The molecule has 0 aliphatic heterocycles. The topological polar surface area (TPSA) is 82.5 Å². The number of hydrogen-bond acceptors (Lipinski definition) is 6. The van der Waals surface area contributed by atoms with Gasteiger partial charge in [0.05, 0.1) is 25.9 Å². The van der Waals surface area contributed by atoms with Crippen LogP contribution < -0.4 is 20.3 Å². The third-order valence-corrected chi connectivity index (χ3v) is 6.94. The van der Waals surface area contributed by atoms with Gasteiger partial charge < -0.3 is 14.8 Å². The molecule has 31 heavy (non-hydrogen) atoms. The van der Waals surface area contributed by atoms with Crippen molar-refractivity contribution in [1.82, 2.24) is 14.9 Å². The molecule has 0 bridgehead atoms. The van der Waals surface area contributed by atoms with Gasteiger partial charge in [0.15, 0.2) is 11.5 Å². The van der Waals surface area contributed by atoms with Crippen LogP contribution in [0.3, 0.4) is 0 Å². The Balaban J connectivity index is 1.41. The lowest BCUT2D eigenvalue weighted by atomic mass is 9.89. The fourth-order valence-corrected chi connectivity index (χ4v) is 5.41. The van der Waals surface area contributed by atoms with Gasteiger partial charge in [0, 0.05) is 11.4 Å². The van der Waals surface area contributed by atoms with E-state index in [1.165, 1.54) is 15.8 Å². The van der Waals surface area contributed by atoms with E-state index in [4.69, 9.17) is 9.47 Å². The number of carbonyl (C=O) groups is 1. The molecule has 0 saturated carbocycles. The molecule has 7 nitrogen and oxygen atoms in total. The number of aryl methyl sites for hydroxylation is 1. The first kappa shape index (κ1) is 21.4. The van der Waals surface area contributed by atoms with Gasteiger partial charge in [0.1, 0.15) is 11.4 Å². The second-order valence-corrected chi connectivity index (χ2v) is 9.08. The van der Waals surface area contributed by atoms with Crippen molar-refractivity contribution in [1.29, 1.82) is 0 Å². The van der Waals surface area contributed by atoms with Crippen molar-refractivity contribution >= 4 is 27.5 Å². The number of ether oxygens (including phenoxy) is 2. The summed E-state index contributed by atoms with van der Waals surface area (Å²) in [6.45, 7) is 2.67. The highest BCUT2D eigenvalue weighted by molar-refractivity contribution is 7.18. The van der Waals surface area contributed by atoms with Crippen molar-refractivity contribution in [3.63, 3.8) is 0 Å². The van der Waals surface area contributed by atoms with Crippen LogP contribution in [0.15, 0.2) is 29.3 Å². The van der Waals surface area contributed by atoms with Crippen molar-refractivity contribution in [3.8, 4) is 11.5 Å². The molecule has 1 amide bonds. The number of fused-ring (bicyclic) bond motifs is 3. The van der Waals surface area contributed by atoms with Gasteiger partial charge in [-0.2, -0.15) is 0 Å². The van der Waals surface area contributed by atoms with Crippen LogP contribution in [-0.4, -0.2) is 36.2 Å². The van der Waals surface area contributed by atoms with Crippen molar-refractivity contribution in [3.05, 3.63) is 50.9 Å². The molecule has 0 spiro atoms. The third-order valence-electron chi connectivity index (χ3n) is 5.78. The van der Waals surface area contributed by atoms with Gasteiger partial charge >= 0.3 is 0 Å². The maximum atomic E-state index is 13.0. The summed E-state index contributed by atoms with van der Waals surface area (Å²) in [6.07, 6.45) is 5.14. The van der Waals surface area contributed by atoms with Crippen LogP contribution in [0.5, 0.6) is 11.5 Å². The Morgan fingerprint density at radius 1 is 1.29 bits per heavy atom. The molecular formula is C23H27N3O4S. The van der Waals surface area contributed by atoms with Crippen molar-refractivity contribution in [2.45, 2.75) is 39.2 Å². The fraction of sp³-hybridized carbons (Fsp3) is 0.435. The number of methoxy groups -OCH3 is 2. The van der Waals surface area contributed by atoms with E-state index in [-0.39, 0.29) is 18.0 Å². The molecule has 0 saturated heterocycles. The molecule has 8 heteroatoms. The molecule has 1 N–H and O–H groups in total. The summed E-state index contributed by atoms with van der Waals surface area (Å²) in [4.78, 5) is 32.0. The standard InChI is InChI=1S/C23H27N3O4S/c1-14-4-6-16-19(10-14)31-22-21(16)23(28)26(13-25-22)12-20(27)24-9-8-15-5-7-17(29-2)18(11-15)30-3/h5,7,11,13-14H,4,6,8-10,12H2,1-3H3,(H,24,27)/t14-/m0/s1. The minimum Gasteiger partial charge on any atom is -0.493 e. The zero-order chi connectivity index (χ0) is 22.0. The van der Waals surface area contributed by atoms with Crippen LogP contribution in [0.2, 0.25) is 0 Å². The molecule has 3 aromatic rings. The molecule has 1 aliphatic carbocycles. The summed E-state index contributed by atoms with van der Waals surface area (Å²) in [5.74, 6) is 1.76. The highest BCUT2D eigenvalue weighted by Crippen LogP contribution is 2.35. The van der Waals surface area contributed by atoms with E-state index in [2.05, 4.69) is 17.2 Å². The number of carbonyl (C=O) groups excluding carboxylic acids is 1. The predicted octanol–water partition coefficient (Wildman–Crippen LogP) is 2.96. The molecule has 0 fully saturated rings. The number of nitrogens with zero attached hydrogens (tertiary/aromatic N) is 2. The van der Waals surface area contributed by atoms with Gasteiger partial charge in [-0.15, -0.1) is 11.3 Å². The molecular weight excluding hydrogens is 414 g/mol. The van der Waals surface area contributed by atoms with E-state index in [1.807, 2.05) is 18.2 Å². The lowest BCUT2D eigenvalue weighted by molar-refractivity contribution is -0.121. The maximum absolute atomic E-state index is 13.0. The molecule has 1 aromatic carbocycles. The van der Waals surface area contributed by atoms with E-state index >= 15 is 0 Å². The first-order valence-electron chi connectivity index (χ1n) is 10.5. The number of benzene rings is 1. The number of nitrogens with one attached hydrogen (secondary N) is 1. The number of rotatable bonds is 7. The minimum absolute atomic E-state index is 0.0330. The van der Waals surface area contributed by atoms with Crippen LogP contribution in [-0.2, 0) is 30.6 Å². The SMILES string of the molecule is COc1ccc(CCNC(=O)Cn2cnc3sc4c(c3c2=O)CC[C@H](C)C4)cc1OC. The lowest BCUT2D eigenvalue weighted by Gasteiger charge is -2.17. The molecule has 4 rings (SSSR count). The highest BCUT2D eigenvalue weighted by Gasteiger charge is 2.23. The van der Waals surface area contributed by atoms with Gasteiger partial charge in [-0.25, -0.2) is 4.98 Å². The Hall–Kier alpha value is -2.87. The number of aromatic nitrogens is 2. The van der Waals surface area contributed by atoms with Gasteiger partial charge in [-0.05, 0) is 54.9 Å². The minimum atomic E-state index is -0.207. The highest BCUT2D eigenvalue weighted by atomic mass is 32.1. The molecule has 164 valence electrons. The van der Waals surface area contributed by atoms with Crippen molar-refractivity contribution in [2.75, 3.05) is 20.8 Å². The molecule has 2 heterocycles. The van der Waals surface area contributed by atoms with Crippen molar-refractivity contribution in [2.24, 2.45) is 5.92 Å². The fourth-order valence-electron chi connectivity index (χ4n) is 4.07. The summed E-state index contributed by atoms with van der Waals surface area (Å²) in [6, 6.07) is 5.68. The maximum Gasteiger partial charge on any atom is 0.262 e. The first-order valence-corrected chi connectivity index (χ1v) is 11.3. The number of thiophene rings is 1. The average molecular weight is 442 g/mol. The molecule has 1 atom stereocenters. The Morgan fingerprint density at radius 3 is 2.87 bits per heavy atom. The third kappa shape index (κ3) is 4.44. The van der Waals surface area contributed by atoms with Gasteiger partial charge in [-0.1, -0.05) is 13.0 Å². The van der Waals surface area contributed by atoms with E-state index < -0.39 is 0 Å². The second-order valence-electron chi connectivity index (χ2n) is 8.00. The second kappa shape index (κ2) is 9.09. The van der Waals surface area contributed by atoms with Gasteiger partial charge in [-0.3, -0.25) is 14.2 Å². The van der Waals surface area contributed by atoms with E-state index in [1.54, 1.807) is 25.6 Å². The predicted molar refractivity (Wildman–Crippen MR) is 121 cm³/mol. The molecule has 0 radical (unpaired) electrons. The molecule has 1 aliphatic rings. The summed E-state index contributed by atoms with van der Waals surface area (Å²) < 4.78 is 12.0. The average Bonchev–Trinajstić information content (AvgIpc) is 3.13. The Morgan fingerprint density at radius 2 is 2.10 bits per heavy atom. The van der Waals surface area contributed by atoms with Gasteiger partial charge in [0.25, 0.3) is 5.56 Å².